The molecule has 1 amide bonds. The molecule has 0 bridgehead atoms. The lowest BCUT2D eigenvalue weighted by Gasteiger charge is -2.39. The zero-order valence-corrected chi connectivity index (χ0v) is 10.4. The minimum Gasteiger partial charge on any atom is -0.444 e. The van der Waals surface area contributed by atoms with Gasteiger partial charge in [-0.1, -0.05) is 0 Å². The number of amides is 1. The first-order chi connectivity index (χ1) is 7.63. The molecule has 0 aromatic heterocycles. The highest BCUT2D eigenvalue weighted by molar-refractivity contribution is 5.68. The van der Waals surface area contributed by atoms with E-state index in [1.165, 1.54) is 0 Å². The van der Waals surface area contributed by atoms with E-state index in [1.807, 2.05) is 0 Å². The molecule has 0 aromatic carbocycles. The first-order valence-corrected chi connectivity index (χ1v) is 5.70. The standard InChI is InChI=1S/C11H20F2N2O2/c1-10(2,3)17-9(16)15-8(6-14)7-4-11(12,13)5-7/h7-8H,4-6,14H2,1-3H3,(H,15,16). The fourth-order valence-electron chi connectivity index (χ4n) is 1.82. The zero-order valence-electron chi connectivity index (χ0n) is 10.4. The second kappa shape index (κ2) is 4.76. The lowest BCUT2D eigenvalue weighted by molar-refractivity contribution is -0.118. The second-order valence-electron chi connectivity index (χ2n) is 5.51. The van der Waals surface area contributed by atoms with Gasteiger partial charge in [0.25, 0.3) is 0 Å². The third-order valence-corrected chi connectivity index (χ3v) is 2.65. The van der Waals surface area contributed by atoms with Crippen LogP contribution in [0.15, 0.2) is 0 Å². The number of alkyl carbamates (subject to hydrolysis) is 1. The Balaban J connectivity index is 2.40. The molecule has 1 aliphatic carbocycles. The molecule has 1 rings (SSSR count). The Morgan fingerprint density at radius 2 is 2.06 bits per heavy atom. The van der Waals surface area contributed by atoms with Crippen LogP contribution in [0.3, 0.4) is 0 Å². The van der Waals surface area contributed by atoms with Crippen molar-refractivity contribution in [1.82, 2.24) is 5.32 Å². The van der Waals surface area contributed by atoms with Gasteiger partial charge in [-0.15, -0.1) is 0 Å². The largest absolute Gasteiger partial charge is 0.444 e. The summed E-state index contributed by atoms with van der Waals surface area (Å²) in [5, 5.41) is 2.54. The Labute approximate surface area is 99.9 Å². The highest BCUT2D eigenvalue weighted by atomic mass is 19.3. The molecule has 1 unspecified atom stereocenters. The minimum atomic E-state index is -2.60. The van der Waals surface area contributed by atoms with Gasteiger partial charge in [-0.2, -0.15) is 0 Å². The molecular formula is C11H20F2N2O2. The summed E-state index contributed by atoms with van der Waals surface area (Å²) < 4.78 is 30.5. The number of ether oxygens (including phenoxy) is 1. The summed E-state index contributed by atoms with van der Waals surface area (Å²) in [5.41, 5.74) is 4.86. The Morgan fingerprint density at radius 1 is 1.53 bits per heavy atom. The maximum atomic E-state index is 12.7. The fraction of sp³-hybridized carbons (Fsp3) is 0.909. The molecule has 0 heterocycles. The van der Waals surface area contributed by atoms with Crippen LogP contribution in [-0.4, -0.2) is 30.2 Å². The van der Waals surface area contributed by atoms with Gasteiger partial charge in [0.05, 0.1) is 0 Å². The van der Waals surface area contributed by atoms with Crippen LogP contribution in [0.5, 0.6) is 0 Å². The van der Waals surface area contributed by atoms with Crippen molar-refractivity contribution in [2.45, 2.75) is 51.2 Å². The van der Waals surface area contributed by atoms with Crippen molar-refractivity contribution in [3.8, 4) is 0 Å². The molecule has 0 aromatic rings. The number of carbonyl (C=O) groups excluding carboxylic acids is 1. The molecule has 1 fully saturated rings. The number of carbonyl (C=O) groups is 1. The van der Waals surface area contributed by atoms with E-state index < -0.39 is 23.7 Å². The van der Waals surface area contributed by atoms with E-state index in [-0.39, 0.29) is 25.3 Å². The van der Waals surface area contributed by atoms with Crippen LogP contribution in [0.4, 0.5) is 13.6 Å². The number of rotatable bonds is 3. The molecule has 17 heavy (non-hydrogen) atoms. The number of nitrogens with one attached hydrogen (secondary N) is 1. The minimum absolute atomic E-state index is 0.139. The van der Waals surface area contributed by atoms with Crippen molar-refractivity contribution in [1.29, 1.82) is 0 Å². The summed E-state index contributed by atoms with van der Waals surface area (Å²) in [6.07, 6.45) is -1.04. The van der Waals surface area contributed by atoms with Crippen molar-refractivity contribution < 1.29 is 18.3 Å². The van der Waals surface area contributed by atoms with Crippen molar-refractivity contribution in [3.63, 3.8) is 0 Å². The maximum absolute atomic E-state index is 12.7. The van der Waals surface area contributed by atoms with Gasteiger partial charge in [0.15, 0.2) is 0 Å². The SMILES string of the molecule is CC(C)(C)OC(=O)NC(CN)C1CC(F)(F)C1. The smallest absolute Gasteiger partial charge is 0.407 e. The van der Waals surface area contributed by atoms with Gasteiger partial charge in [-0.05, 0) is 26.7 Å². The van der Waals surface area contributed by atoms with Crippen LogP contribution in [0.25, 0.3) is 0 Å². The Kier molecular flexibility index (Phi) is 3.96. The Hall–Kier alpha value is -0.910. The van der Waals surface area contributed by atoms with Crippen LogP contribution in [-0.2, 0) is 4.74 Å². The van der Waals surface area contributed by atoms with Crippen LogP contribution >= 0.6 is 0 Å². The summed E-state index contributed by atoms with van der Waals surface area (Å²) in [4.78, 5) is 11.5. The topological polar surface area (TPSA) is 64.3 Å². The van der Waals surface area contributed by atoms with Gasteiger partial charge in [-0.3, -0.25) is 0 Å². The van der Waals surface area contributed by atoms with E-state index in [4.69, 9.17) is 10.5 Å². The normalized spacial score (nSPS) is 21.5. The molecule has 4 nitrogen and oxygen atoms in total. The van der Waals surface area contributed by atoms with E-state index >= 15 is 0 Å². The van der Waals surface area contributed by atoms with Crippen LogP contribution in [0.1, 0.15) is 33.6 Å². The van der Waals surface area contributed by atoms with E-state index in [0.717, 1.165) is 0 Å². The summed E-state index contributed by atoms with van der Waals surface area (Å²) in [5.74, 6) is -2.87. The Morgan fingerprint density at radius 3 is 2.41 bits per heavy atom. The number of halogens is 2. The van der Waals surface area contributed by atoms with Gasteiger partial charge in [0, 0.05) is 25.4 Å². The van der Waals surface area contributed by atoms with Crippen LogP contribution in [0, 0.1) is 5.92 Å². The molecule has 100 valence electrons. The van der Waals surface area contributed by atoms with E-state index in [0.29, 0.717) is 0 Å². The highest BCUT2D eigenvalue weighted by Crippen LogP contribution is 2.43. The predicted octanol–water partition coefficient (Wildman–Crippen LogP) is 1.88. The van der Waals surface area contributed by atoms with Gasteiger partial charge >= 0.3 is 6.09 Å². The summed E-state index contributed by atoms with van der Waals surface area (Å²) in [6, 6.07) is -0.440. The summed E-state index contributed by atoms with van der Waals surface area (Å²) in [7, 11) is 0. The number of hydrogen-bond acceptors (Lipinski definition) is 3. The van der Waals surface area contributed by atoms with Crippen molar-refractivity contribution in [2.75, 3.05) is 6.54 Å². The zero-order chi connectivity index (χ0) is 13.3. The molecule has 1 saturated carbocycles. The van der Waals surface area contributed by atoms with Gasteiger partial charge in [0.1, 0.15) is 5.60 Å². The monoisotopic (exact) mass is 250 g/mol. The summed E-state index contributed by atoms with van der Waals surface area (Å²) >= 11 is 0. The second-order valence-corrected chi connectivity index (χ2v) is 5.51. The number of alkyl halides is 2. The third-order valence-electron chi connectivity index (χ3n) is 2.65. The van der Waals surface area contributed by atoms with E-state index in [1.54, 1.807) is 20.8 Å². The number of nitrogens with two attached hydrogens (primary N) is 1. The molecule has 0 saturated heterocycles. The molecule has 1 atom stereocenters. The third kappa shape index (κ3) is 4.46. The van der Waals surface area contributed by atoms with Crippen molar-refractivity contribution >= 4 is 6.09 Å². The highest BCUT2D eigenvalue weighted by Gasteiger charge is 2.48. The van der Waals surface area contributed by atoms with Gasteiger partial charge in [0.2, 0.25) is 5.92 Å². The van der Waals surface area contributed by atoms with E-state index in [9.17, 15) is 13.6 Å². The van der Waals surface area contributed by atoms with Crippen molar-refractivity contribution in [2.24, 2.45) is 11.7 Å². The molecule has 0 aliphatic heterocycles. The fourth-order valence-corrected chi connectivity index (χ4v) is 1.82. The van der Waals surface area contributed by atoms with E-state index in [2.05, 4.69) is 5.32 Å². The number of hydrogen-bond donors (Lipinski definition) is 2. The van der Waals surface area contributed by atoms with Crippen LogP contribution < -0.4 is 11.1 Å². The first kappa shape index (κ1) is 14.2. The average molecular weight is 250 g/mol. The lowest BCUT2D eigenvalue weighted by Crippen LogP contribution is -2.53. The Bertz CT molecular complexity index is 282. The van der Waals surface area contributed by atoms with Crippen LogP contribution in [0.2, 0.25) is 0 Å². The maximum Gasteiger partial charge on any atom is 0.407 e. The molecule has 1 aliphatic rings. The molecule has 6 heteroatoms. The van der Waals surface area contributed by atoms with Gasteiger partial charge in [-0.25, -0.2) is 13.6 Å². The summed E-state index contributed by atoms with van der Waals surface area (Å²) in [6.45, 7) is 5.35. The quantitative estimate of drug-likeness (QED) is 0.803. The molecule has 0 radical (unpaired) electrons. The van der Waals surface area contributed by atoms with Crippen molar-refractivity contribution in [3.05, 3.63) is 0 Å². The molecular weight excluding hydrogens is 230 g/mol. The first-order valence-electron chi connectivity index (χ1n) is 5.70. The average Bonchev–Trinajstić information content (AvgIpc) is 2.07. The van der Waals surface area contributed by atoms with Gasteiger partial charge < -0.3 is 15.8 Å². The predicted molar refractivity (Wildman–Crippen MR) is 59.9 cm³/mol. The lowest BCUT2D eigenvalue weighted by atomic mass is 9.76. The molecule has 0 spiro atoms. The molecule has 3 N–H and O–H groups in total.